The number of rotatable bonds is 2. The fraction of sp³-hybridized carbons (Fsp3) is 0.167. The average Bonchev–Trinajstić information content (AvgIpc) is 2.75. The smallest absolute Gasteiger partial charge is 0.267 e. The summed E-state index contributed by atoms with van der Waals surface area (Å²) in [6.45, 7) is 0.261. The van der Waals surface area contributed by atoms with Gasteiger partial charge in [0.05, 0.1) is 12.1 Å². The predicted molar refractivity (Wildman–Crippen MR) is 43.3 cm³/mol. The van der Waals surface area contributed by atoms with Gasteiger partial charge >= 0.3 is 0 Å². The van der Waals surface area contributed by atoms with Gasteiger partial charge in [0.2, 0.25) is 5.89 Å². The number of aromatic nitrogens is 3. The van der Waals surface area contributed by atoms with E-state index in [0.717, 1.165) is 0 Å². The third-order valence-electron chi connectivity index (χ3n) is 1.29. The van der Waals surface area contributed by atoms with Crippen molar-refractivity contribution >= 4 is 11.3 Å². The van der Waals surface area contributed by atoms with Gasteiger partial charge in [0.1, 0.15) is 5.69 Å². The Bertz CT molecular complexity index is 355. The first kappa shape index (κ1) is 7.38. The molecule has 5 nitrogen and oxygen atoms in total. The minimum Gasteiger partial charge on any atom is -0.418 e. The Labute approximate surface area is 72.3 Å². The molecular formula is C6H6N4OS. The molecule has 0 atom stereocenters. The predicted octanol–water partition coefficient (Wildman–Crippen LogP) is 0.652. The van der Waals surface area contributed by atoms with Gasteiger partial charge in [-0.15, -0.1) is 21.5 Å². The van der Waals surface area contributed by atoms with Gasteiger partial charge in [-0.3, -0.25) is 0 Å². The van der Waals surface area contributed by atoms with E-state index in [0.29, 0.717) is 17.5 Å². The summed E-state index contributed by atoms with van der Waals surface area (Å²) in [6.07, 6.45) is 0. The van der Waals surface area contributed by atoms with Crippen LogP contribution in [0.25, 0.3) is 11.6 Å². The van der Waals surface area contributed by atoms with Crippen molar-refractivity contribution in [1.29, 1.82) is 0 Å². The normalized spacial score (nSPS) is 10.4. The molecule has 2 heterocycles. The van der Waals surface area contributed by atoms with E-state index in [9.17, 15) is 0 Å². The van der Waals surface area contributed by atoms with Crippen LogP contribution in [0, 0.1) is 0 Å². The Morgan fingerprint density at radius 3 is 3.00 bits per heavy atom. The SMILES string of the molecule is NCc1nnc(-c2cscn2)o1. The van der Waals surface area contributed by atoms with Crippen molar-refractivity contribution in [2.24, 2.45) is 5.73 Å². The van der Waals surface area contributed by atoms with Gasteiger partial charge in [0, 0.05) is 5.38 Å². The molecule has 0 aromatic carbocycles. The van der Waals surface area contributed by atoms with Crippen molar-refractivity contribution in [3.63, 3.8) is 0 Å². The van der Waals surface area contributed by atoms with Crippen LogP contribution in [0.2, 0.25) is 0 Å². The Hall–Kier alpha value is -1.27. The molecule has 2 N–H and O–H groups in total. The van der Waals surface area contributed by atoms with Gasteiger partial charge in [-0.1, -0.05) is 0 Å². The standard InChI is InChI=1S/C6H6N4OS/c7-1-5-9-10-6(11-5)4-2-12-3-8-4/h2-3H,1,7H2. The lowest BCUT2D eigenvalue weighted by Crippen LogP contribution is -1.95. The van der Waals surface area contributed by atoms with Crippen LogP contribution >= 0.6 is 11.3 Å². The summed E-state index contributed by atoms with van der Waals surface area (Å²) in [5.41, 5.74) is 7.71. The lowest BCUT2D eigenvalue weighted by atomic mass is 10.5. The zero-order valence-electron chi connectivity index (χ0n) is 6.10. The molecule has 2 aromatic heterocycles. The highest BCUT2D eigenvalue weighted by atomic mass is 32.1. The molecule has 6 heteroatoms. The quantitative estimate of drug-likeness (QED) is 0.737. The first-order chi connectivity index (χ1) is 5.90. The Morgan fingerprint density at radius 2 is 2.42 bits per heavy atom. The number of hydrogen-bond donors (Lipinski definition) is 1. The molecule has 0 unspecified atom stereocenters. The second-order valence-corrected chi connectivity index (χ2v) is 2.80. The fourth-order valence-electron chi connectivity index (χ4n) is 0.758. The highest BCUT2D eigenvalue weighted by Gasteiger charge is 2.07. The van der Waals surface area contributed by atoms with Crippen LogP contribution in [-0.4, -0.2) is 15.2 Å². The number of hydrogen-bond acceptors (Lipinski definition) is 6. The van der Waals surface area contributed by atoms with E-state index in [1.807, 2.05) is 5.38 Å². The van der Waals surface area contributed by atoms with E-state index in [1.54, 1.807) is 5.51 Å². The summed E-state index contributed by atoms with van der Waals surface area (Å²) < 4.78 is 5.17. The lowest BCUT2D eigenvalue weighted by Gasteiger charge is -1.83. The molecule has 2 aromatic rings. The summed E-state index contributed by atoms with van der Waals surface area (Å²) >= 11 is 1.48. The minimum absolute atomic E-state index is 0.261. The van der Waals surface area contributed by atoms with Crippen LogP contribution in [-0.2, 0) is 6.54 Å². The maximum absolute atomic E-state index is 5.30. The number of thiazole rings is 1. The van der Waals surface area contributed by atoms with Crippen molar-refractivity contribution in [1.82, 2.24) is 15.2 Å². The van der Waals surface area contributed by atoms with Gasteiger partial charge in [0.25, 0.3) is 5.89 Å². The second kappa shape index (κ2) is 3.00. The molecule has 0 radical (unpaired) electrons. The van der Waals surface area contributed by atoms with Gasteiger partial charge in [-0.05, 0) is 0 Å². The van der Waals surface area contributed by atoms with Gasteiger partial charge in [-0.2, -0.15) is 0 Å². The summed E-state index contributed by atoms with van der Waals surface area (Å²) in [4.78, 5) is 4.02. The zero-order valence-corrected chi connectivity index (χ0v) is 6.91. The molecule has 0 bridgehead atoms. The Morgan fingerprint density at radius 1 is 1.50 bits per heavy atom. The van der Waals surface area contributed by atoms with E-state index in [1.165, 1.54) is 11.3 Å². The molecular weight excluding hydrogens is 176 g/mol. The first-order valence-electron chi connectivity index (χ1n) is 3.31. The molecule has 62 valence electrons. The van der Waals surface area contributed by atoms with Crippen LogP contribution in [0.5, 0.6) is 0 Å². The molecule has 0 fully saturated rings. The Balaban J connectivity index is 2.35. The molecule has 0 saturated carbocycles. The molecule has 0 saturated heterocycles. The molecule has 12 heavy (non-hydrogen) atoms. The van der Waals surface area contributed by atoms with Crippen LogP contribution in [0.4, 0.5) is 0 Å². The molecule has 0 aliphatic carbocycles. The van der Waals surface area contributed by atoms with E-state index < -0.39 is 0 Å². The van der Waals surface area contributed by atoms with Crippen LogP contribution in [0.15, 0.2) is 15.3 Å². The summed E-state index contributed by atoms with van der Waals surface area (Å²) in [7, 11) is 0. The van der Waals surface area contributed by atoms with E-state index in [2.05, 4.69) is 15.2 Å². The van der Waals surface area contributed by atoms with Crippen molar-refractivity contribution in [3.8, 4) is 11.6 Å². The van der Waals surface area contributed by atoms with Crippen molar-refractivity contribution in [2.45, 2.75) is 6.54 Å². The molecule has 0 spiro atoms. The number of nitrogens with two attached hydrogens (primary N) is 1. The summed E-state index contributed by atoms with van der Waals surface area (Å²) in [5, 5.41) is 9.33. The monoisotopic (exact) mass is 182 g/mol. The van der Waals surface area contributed by atoms with Crippen molar-refractivity contribution < 1.29 is 4.42 Å². The molecule has 0 aliphatic rings. The van der Waals surface area contributed by atoms with Gasteiger partial charge in [0.15, 0.2) is 0 Å². The van der Waals surface area contributed by atoms with Crippen molar-refractivity contribution in [3.05, 3.63) is 16.8 Å². The zero-order chi connectivity index (χ0) is 8.39. The second-order valence-electron chi connectivity index (χ2n) is 2.08. The minimum atomic E-state index is 0.261. The molecule has 0 amide bonds. The Kier molecular flexibility index (Phi) is 1.84. The third kappa shape index (κ3) is 1.21. The maximum Gasteiger partial charge on any atom is 0.267 e. The highest BCUT2D eigenvalue weighted by Crippen LogP contribution is 2.16. The third-order valence-corrected chi connectivity index (χ3v) is 1.88. The van der Waals surface area contributed by atoms with Gasteiger partial charge < -0.3 is 10.2 Å². The fourth-order valence-corrected chi connectivity index (χ4v) is 1.28. The van der Waals surface area contributed by atoms with Crippen LogP contribution in [0.1, 0.15) is 5.89 Å². The van der Waals surface area contributed by atoms with Crippen molar-refractivity contribution in [2.75, 3.05) is 0 Å². The topological polar surface area (TPSA) is 77.8 Å². The largest absolute Gasteiger partial charge is 0.418 e. The maximum atomic E-state index is 5.30. The first-order valence-corrected chi connectivity index (χ1v) is 4.25. The molecule has 0 aliphatic heterocycles. The summed E-state index contributed by atoms with van der Waals surface area (Å²) in [5.74, 6) is 0.856. The summed E-state index contributed by atoms with van der Waals surface area (Å²) in [6, 6.07) is 0. The lowest BCUT2D eigenvalue weighted by molar-refractivity contribution is 0.507. The van der Waals surface area contributed by atoms with E-state index in [-0.39, 0.29) is 6.54 Å². The van der Waals surface area contributed by atoms with Crippen LogP contribution in [0.3, 0.4) is 0 Å². The highest BCUT2D eigenvalue weighted by molar-refractivity contribution is 7.07. The van der Waals surface area contributed by atoms with Crippen LogP contribution < -0.4 is 5.73 Å². The van der Waals surface area contributed by atoms with E-state index >= 15 is 0 Å². The number of nitrogens with zero attached hydrogens (tertiary/aromatic N) is 3. The average molecular weight is 182 g/mol. The van der Waals surface area contributed by atoms with Gasteiger partial charge in [-0.25, -0.2) is 4.98 Å². The molecule has 2 rings (SSSR count). The van der Waals surface area contributed by atoms with E-state index in [4.69, 9.17) is 10.2 Å².